The number of rotatable bonds is 5. The predicted molar refractivity (Wildman–Crippen MR) is 111 cm³/mol. The van der Waals surface area contributed by atoms with E-state index in [2.05, 4.69) is 5.32 Å². The molecule has 7 heteroatoms. The van der Waals surface area contributed by atoms with Crippen LogP contribution in [0.2, 0.25) is 0 Å². The number of carbonyl (C=O) groups excluding carboxylic acids is 2. The molecule has 2 bridgehead atoms. The van der Waals surface area contributed by atoms with E-state index in [9.17, 15) is 9.59 Å². The molecule has 2 fully saturated rings. The molecule has 2 aromatic rings. The maximum Gasteiger partial charge on any atom is 0.234 e. The van der Waals surface area contributed by atoms with E-state index in [1.807, 2.05) is 42.5 Å². The minimum Gasteiger partial charge on any atom is -0.493 e. The topological polar surface area (TPSA) is 77.1 Å². The lowest BCUT2D eigenvalue weighted by Gasteiger charge is -2.23. The zero-order valence-electron chi connectivity index (χ0n) is 16.7. The van der Waals surface area contributed by atoms with Gasteiger partial charge in [0.15, 0.2) is 11.5 Å². The van der Waals surface area contributed by atoms with Gasteiger partial charge >= 0.3 is 0 Å². The summed E-state index contributed by atoms with van der Waals surface area (Å²) in [4.78, 5) is 28.3. The molecule has 30 heavy (non-hydrogen) atoms. The van der Waals surface area contributed by atoms with Crippen molar-refractivity contribution >= 4 is 23.2 Å². The Morgan fingerprint density at radius 2 is 1.90 bits per heavy atom. The number of fused-ring (bicyclic) bond motifs is 1. The zero-order chi connectivity index (χ0) is 20.9. The zero-order valence-corrected chi connectivity index (χ0v) is 16.7. The average Bonchev–Trinajstić information content (AvgIpc) is 3.42. The Morgan fingerprint density at radius 3 is 2.63 bits per heavy atom. The fourth-order valence-electron chi connectivity index (χ4n) is 4.76. The second-order valence-electron chi connectivity index (χ2n) is 7.72. The van der Waals surface area contributed by atoms with E-state index in [-0.39, 0.29) is 11.8 Å². The van der Waals surface area contributed by atoms with Crippen LogP contribution in [0.15, 0.2) is 60.7 Å². The molecule has 0 radical (unpaired) electrons. The van der Waals surface area contributed by atoms with Crippen LogP contribution in [0, 0.1) is 11.8 Å². The minimum absolute atomic E-state index is 0.0829. The van der Waals surface area contributed by atoms with Crippen LogP contribution in [-0.2, 0) is 14.3 Å². The number of carbonyl (C=O) groups is 2. The molecule has 3 aliphatic heterocycles. The first-order valence-corrected chi connectivity index (χ1v) is 9.83. The Morgan fingerprint density at radius 1 is 1.13 bits per heavy atom. The van der Waals surface area contributed by atoms with Crippen molar-refractivity contribution in [3.63, 3.8) is 0 Å². The first-order valence-electron chi connectivity index (χ1n) is 9.83. The Balaban J connectivity index is 1.41. The van der Waals surface area contributed by atoms with Crippen LogP contribution in [0.3, 0.4) is 0 Å². The highest BCUT2D eigenvalue weighted by Gasteiger charge is 2.67. The quantitative estimate of drug-likeness (QED) is 0.773. The molecule has 0 aliphatic carbocycles. The number of ether oxygens (including phenoxy) is 3. The van der Waals surface area contributed by atoms with Crippen LogP contribution in [0.25, 0.3) is 0 Å². The summed E-state index contributed by atoms with van der Waals surface area (Å²) in [5, 5.41) is 2.92. The highest BCUT2D eigenvalue weighted by molar-refractivity contribution is 6.05. The lowest BCUT2D eigenvalue weighted by Crippen LogP contribution is -2.41. The van der Waals surface area contributed by atoms with Gasteiger partial charge in [-0.15, -0.1) is 0 Å². The normalized spacial score (nSPS) is 28.5. The minimum atomic E-state index is -0.753. The van der Waals surface area contributed by atoms with Gasteiger partial charge in [0, 0.05) is 17.4 Å². The predicted octanol–water partition coefficient (Wildman–Crippen LogP) is 2.63. The maximum atomic E-state index is 13.3. The van der Waals surface area contributed by atoms with Crippen molar-refractivity contribution in [2.45, 2.75) is 11.7 Å². The number of hydrogen-bond acceptors (Lipinski definition) is 5. The van der Waals surface area contributed by atoms with Crippen LogP contribution in [0.5, 0.6) is 11.5 Å². The third-order valence-corrected chi connectivity index (χ3v) is 6.12. The number of hydrogen-bond donors (Lipinski definition) is 1. The standard InChI is InChI=1S/C23H22N2O5/c1-28-16-9-8-14(12-18(16)29-2)24-21(26)19-17-10-11-23(30-17)13-25(22(27)20(19)23)15-6-4-3-5-7-15/h3-12,17,19-20H,13H2,1-2H3,(H,24,26)/t17-,19-,20+,23+/m1/s1. The lowest BCUT2D eigenvalue weighted by atomic mass is 9.77. The molecule has 5 rings (SSSR count). The Labute approximate surface area is 174 Å². The Kier molecular flexibility index (Phi) is 4.29. The molecule has 7 nitrogen and oxygen atoms in total. The molecule has 0 aromatic heterocycles. The fraction of sp³-hybridized carbons (Fsp3) is 0.304. The largest absolute Gasteiger partial charge is 0.493 e. The number of amides is 2. The van der Waals surface area contributed by atoms with Crippen LogP contribution in [0.1, 0.15) is 0 Å². The number of methoxy groups -OCH3 is 2. The van der Waals surface area contributed by atoms with Gasteiger partial charge < -0.3 is 24.4 Å². The number of nitrogens with one attached hydrogen (secondary N) is 1. The SMILES string of the molecule is COc1ccc(NC(=O)[C@H]2[C@H]3C(=O)N(c4ccccc4)C[C@@]34C=C[C@H]2O4)cc1OC. The van der Waals surface area contributed by atoms with Crippen LogP contribution >= 0.6 is 0 Å². The van der Waals surface area contributed by atoms with E-state index in [0.29, 0.717) is 23.7 Å². The summed E-state index contributed by atoms with van der Waals surface area (Å²) in [6, 6.07) is 14.6. The van der Waals surface area contributed by atoms with Crippen LogP contribution in [0.4, 0.5) is 11.4 Å². The van der Waals surface area contributed by atoms with Crippen LogP contribution < -0.4 is 19.7 Å². The highest BCUT2D eigenvalue weighted by Crippen LogP contribution is 2.52. The summed E-state index contributed by atoms with van der Waals surface area (Å²) in [7, 11) is 3.09. The van der Waals surface area contributed by atoms with Gasteiger partial charge in [0.1, 0.15) is 5.60 Å². The molecule has 2 saturated heterocycles. The first kappa shape index (κ1) is 18.7. The van der Waals surface area contributed by atoms with Gasteiger partial charge in [0.05, 0.1) is 38.7 Å². The van der Waals surface area contributed by atoms with E-state index < -0.39 is 23.5 Å². The summed E-state index contributed by atoms with van der Waals surface area (Å²) in [5.41, 5.74) is 0.631. The van der Waals surface area contributed by atoms with Gasteiger partial charge in [-0.05, 0) is 24.3 Å². The summed E-state index contributed by atoms with van der Waals surface area (Å²) in [5.74, 6) is -0.377. The van der Waals surface area contributed by atoms with Crippen molar-refractivity contribution in [2.24, 2.45) is 11.8 Å². The fourth-order valence-corrected chi connectivity index (χ4v) is 4.76. The van der Waals surface area contributed by atoms with Crippen molar-refractivity contribution < 1.29 is 23.8 Å². The molecule has 0 saturated carbocycles. The van der Waals surface area contributed by atoms with Crippen molar-refractivity contribution in [2.75, 3.05) is 31.0 Å². The van der Waals surface area contributed by atoms with Crippen molar-refractivity contribution in [3.05, 3.63) is 60.7 Å². The lowest BCUT2D eigenvalue weighted by molar-refractivity contribution is -0.128. The summed E-state index contributed by atoms with van der Waals surface area (Å²) >= 11 is 0. The molecular formula is C23H22N2O5. The Bertz CT molecular complexity index is 1040. The van der Waals surface area contributed by atoms with Crippen molar-refractivity contribution in [1.82, 2.24) is 0 Å². The highest BCUT2D eigenvalue weighted by atomic mass is 16.5. The molecule has 2 amide bonds. The monoisotopic (exact) mass is 406 g/mol. The molecule has 154 valence electrons. The molecule has 4 atom stereocenters. The molecule has 3 heterocycles. The van der Waals surface area contributed by atoms with E-state index in [0.717, 1.165) is 5.69 Å². The summed E-state index contributed by atoms with van der Waals surface area (Å²) in [6.45, 7) is 0.410. The average molecular weight is 406 g/mol. The number of anilines is 2. The summed E-state index contributed by atoms with van der Waals surface area (Å²) in [6.07, 6.45) is 3.44. The molecule has 2 aromatic carbocycles. The summed E-state index contributed by atoms with van der Waals surface area (Å²) < 4.78 is 16.7. The molecular weight excluding hydrogens is 384 g/mol. The van der Waals surface area contributed by atoms with Gasteiger partial charge in [-0.1, -0.05) is 30.4 Å². The maximum absolute atomic E-state index is 13.3. The van der Waals surface area contributed by atoms with Gasteiger partial charge in [-0.3, -0.25) is 9.59 Å². The van der Waals surface area contributed by atoms with E-state index in [4.69, 9.17) is 14.2 Å². The van der Waals surface area contributed by atoms with Crippen LogP contribution in [-0.4, -0.2) is 44.3 Å². The second-order valence-corrected chi connectivity index (χ2v) is 7.72. The third kappa shape index (κ3) is 2.69. The molecule has 0 unspecified atom stereocenters. The number of nitrogens with zero attached hydrogens (tertiary/aromatic N) is 1. The van der Waals surface area contributed by atoms with Gasteiger partial charge in [0.2, 0.25) is 11.8 Å². The number of para-hydroxylation sites is 1. The second kappa shape index (κ2) is 6.88. The van der Waals surface area contributed by atoms with Gasteiger partial charge in [-0.2, -0.15) is 0 Å². The van der Waals surface area contributed by atoms with E-state index >= 15 is 0 Å². The van der Waals surface area contributed by atoms with Crippen molar-refractivity contribution in [1.29, 1.82) is 0 Å². The van der Waals surface area contributed by atoms with Crippen molar-refractivity contribution in [3.8, 4) is 11.5 Å². The van der Waals surface area contributed by atoms with Gasteiger partial charge in [0.25, 0.3) is 0 Å². The third-order valence-electron chi connectivity index (χ3n) is 6.12. The smallest absolute Gasteiger partial charge is 0.234 e. The number of benzene rings is 2. The molecule has 1 spiro atoms. The molecule has 1 N–H and O–H groups in total. The Hall–Kier alpha value is -3.32. The van der Waals surface area contributed by atoms with E-state index in [1.54, 1.807) is 30.2 Å². The van der Waals surface area contributed by atoms with E-state index in [1.165, 1.54) is 7.11 Å². The van der Waals surface area contributed by atoms with Gasteiger partial charge in [-0.25, -0.2) is 0 Å². The molecule has 3 aliphatic rings. The first-order chi connectivity index (χ1) is 14.6.